The summed E-state index contributed by atoms with van der Waals surface area (Å²) in [6.07, 6.45) is 22.4. The molecular weight excluding hydrogens is 533 g/mol. The van der Waals surface area contributed by atoms with Crippen LogP contribution in [0, 0.1) is 0 Å². The lowest BCUT2D eigenvalue weighted by molar-refractivity contribution is -0.147. The van der Waals surface area contributed by atoms with Crippen LogP contribution in [0.25, 0.3) is 0 Å². The number of hydrogen-bond acceptors (Lipinski definition) is 7. The topological polar surface area (TPSA) is 131 Å². The molecule has 0 radical (unpaired) electrons. The third-order valence-electron chi connectivity index (χ3n) is 6.79. The van der Waals surface area contributed by atoms with Gasteiger partial charge in [0.25, 0.3) is 0 Å². The third-order valence-corrected chi connectivity index (χ3v) is 7.77. The van der Waals surface area contributed by atoms with Crippen molar-refractivity contribution >= 4 is 19.7 Å². The molecule has 9 nitrogen and oxygen atoms in total. The molecular formula is C30H60NO8P. The average molecular weight is 594 g/mol. The van der Waals surface area contributed by atoms with E-state index < -0.39 is 26.5 Å². The molecule has 0 fully saturated rings. The number of aliphatic hydroxyl groups is 1. The Bertz CT molecular complexity index is 649. The van der Waals surface area contributed by atoms with Crippen LogP contribution in [0.3, 0.4) is 0 Å². The van der Waals surface area contributed by atoms with Crippen LogP contribution >= 0.6 is 7.82 Å². The number of amides is 1. The second kappa shape index (κ2) is 28.1. The Morgan fingerprint density at radius 1 is 0.675 bits per heavy atom. The summed E-state index contributed by atoms with van der Waals surface area (Å²) < 4.78 is 26.4. The molecule has 0 aromatic carbocycles. The number of carbonyl (C=O) groups is 2. The molecule has 0 saturated heterocycles. The molecule has 0 saturated carbocycles. The molecule has 0 spiro atoms. The first-order valence-corrected chi connectivity index (χ1v) is 17.5. The van der Waals surface area contributed by atoms with Gasteiger partial charge < -0.3 is 20.1 Å². The van der Waals surface area contributed by atoms with E-state index in [-0.39, 0.29) is 32.1 Å². The van der Waals surface area contributed by atoms with Gasteiger partial charge in [0.1, 0.15) is 12.7 Å². The van der Waals surface area contributed by atoms with Crippen molar-refractivity contribution in [2.45, 2.75) is 155 Å². The van der Waals surface area contributed by atoms with Gasteiger partial charge in [-0.3, -0.25) is 18.6 Å². The summed E-state index contributed by atoms with van der Waals surface area (Å²) in [5.41, 5.74) is 0. The van der Waals surface area contributed by atoms with Crippen molar-refractivity contribution in [3.8, 4) is 0 Å². The number of unbranched alkanes of at least 4 members (excludes halogenated alkanes) is 17. The van der Waals surface area contributed by atoms with Crippen LogP contribution in [0.1, 0.15) is 149 Å². The lowest BCUT2D eigenvalue weighted by Crippen LogP contribution is -2.27. The Balaban J connectivity index is 3.57. The fraction of sp³-hybridized carbons (Fsp3) is 0.933. The second-order valence-corrected chi connectivity index (χ2v) is 12.2. The fourth-order valence-electron chi connectivity index (χ4n) is 4.32. The first kappa shape index (κ1) is 39.0. The van der Waals surface area contributed by atoms with E-state index in [2.05, 4.69) is 19.2 Å². The molecule has 0 aliphatic carbocycles. The van der Waals surface area contributed by atoms with Gasteiger partial charge in [-0.05, 0) is 12.8 Å². The van der Waals surface area contributed by atoms with E-state index in [0.717, 1.165) is 44.9 Å². The number of hydrogen-bond donors (Lipinski definition) is 3. The molecule has 3 N–H and O–H groups in total. The molecule has 0 aliphatic heterocycles. The monoisotopic (exact) mass is 593 g/mol. The van der Waals surface area contributed by atoms with Crippen LogP contribution in [0.15, 0.2) is 0 Å². The SMILES string of the molecule is CCCCCCCCCCCCCCCCCC(=O)NCCOP(=O)(O)OCC(O)COC(=O)CCCCCC. The third kappa shape index (κ3) is 28.5. The highest BCUT2D eigenvalue weighted by Crippen LogP contribution is 2.42. The Morgan fingerprint density at radius 3 is 1.65 bits per heavy atom. The molecule has 1 amide bonds. The first-order chi connectivity index (χ1) is 19.3. The minimum Gasteiger partial charge on any atom is -0.463 e. The highest BCUT2D eigenvalue weighted by Gasteiger charge is 2.23. The van der Waals surface area contributed by atoms with E-state index in [0.29, 0.717) is 6.42 Å². The van der Waals surface area contributed by atoms with Gasteiger partial charge in [0.15, 0.2) is 0 Å². The molecule has 0 aromatic heterocycles. The van der Waals surface area contributed by atoms with Crippen molar-refractivity contribution in [2.24, 2.45) is 0 Å². The van der Waals surface area contributed by atoms with Crippen molar-refractivity contribution in [3.05, 3.63) is 0 Å². The highest BCUT2D eigenvalue weighted by atomic mass is 31.2. The number of rotatable bonds is 30. The molecule has 2 unspecified atom stereocenters. The van der Waals surface area contributed by atoms with E-state index in [1.807, 2.05) is 0 Å². The van der Waals surface area contributed by atoms with E-state index in [1.54, 1.807) is 0 Å². The van der Waals surface area contributed by atoms with Crippen molar-refractivity contribution < 1.29 is 37.9 Å². The molecule has 238 valence electrons. The Morgan fingerprint density at radius 2 is 1.12 bits per heavy atom. The molecule has 0 aromatic rings. The van der Waals surface area contributed by atoms with Crippen LogP contribution in [0.5, 0.6) is 0 Å². The number of aliphatic hydroxyl groups excluding tert-OH is 1. The zero-order chi connectivity index (χ0) is 29.7. The lowest BCUT2D eigenvalue weighted by Gasteiger charge is -2.15. The first-order valence-electron chi connectivity index (χ1n) is 16.0. The smallest absolute Gasteiger partial charge is 0.463 e. The van der Waals surface area contributed by atoms with Gasteiger partial charge in [0.2, 0.25) is 5.91 Å². The van der Waals surface area contributed by atoms with Crippen molar-refractivity contribution in [3.63, 3.8) is 0 Å². The largest absolute Gasteiger partial charge is 0.472 e. The summed E-state index contributed by atoms with van der Waals surface area (Å²) in [7, 11) is -4.38. The van der Waals surface area contributed by atoms with E-state index >= 15 is 0 Å². The molecule has 0 aliphatic rings. The Kier molecular flexibility index (Phi) is 27.4. The van der Waals surface area contributed by atoms with Crippen molar-refractivity contribution in [1.29, 1.82) is 0 Å². The number of esters is 1. The predicted molar refractivity (Wildman–Crippen MR) is 160 cm³/mol. The second-order valence-electron chi connectivity index (χ2n) is 10.8. The van der Waals surface area contributed by atoms with Gasteiger partial charge in [-0.15, -0.1) is 0 Å². The Labute approximate surface area is 244 Å². The van der Waals surface area contributed by atoms with Crippen molar-refractivity contribution in [1.82, 2.24) is 5.32 Å². The molecule has 0 heterocycles. The van der Waals surface area contributed by atoms with Crippen LogP contribution in [0.4, 0.5) is 0 Å². The maximum Gasteiger partial charge on any atom is 0.472 e. The van der Waals surface area contributed by atoms with E-state index in [1.165, 1.54) is 77.0 Å². The molecule has 2 atom stereocenters. The van der Waals surface area contributed by atoms with Crippen LogP contribution in [0.2, 0.25) is 0 Å². The maximum absolute atomic E-state index is 11.9. The molecule has 0 bridgehead atoms. The van der Waals surface area contributed by atoms with Gasteiger partial charge in [0.05, 0.1) is 13.2 Å². The van der Waals surface area contributed by atoms with Gasteiger partial charge >= 0.3 is 13.8 Å². The zero-order valence-corrected chi connectivity index (χ0v) is 26.4. The van der Waals surface area contributed by atoms with Crippen LogP contribution < -0.4 is 5.32 Å². The quantitative estimate of drug-likeness (QED) is 0.0447. The summed E-state index contributed by atoms with van der Waals surface area (Å²) >= 11 is 0. The molecule has 40 heavy (non-hydrogen) atoms. The van der Waals surface area contributed by atoms with Crippen LogP contribution in [-0.2, 0) is 27.9 Å². The van der Waals surface area contributed by atoms with E-state index in [9.17, 15) is 24.2 Å². The van der Waals surface area contributed by atoms with Gasteiger partial charge in [0, 0.05) is 19.4 Å². The predicted octanol–water partition coefficient (Wildman–Crippen LogP) is 7.37. The average Bonchev–Trinajstić information content (AvgIpc) is 2.93. The van der Waals surface area contributed by atoms with Gasteiger partial charge in [-0.2, -0.15) is 0 Å². The number of ether oxygens (including phenoxy) is 1. The number of phosphoric ester groups is 1. The fourth-order valence-corrected chi connectivity index (χ4v) is 5.08. The standard InChI is InChI=1S/C30H60NO8P/c1-3-5-7-9-10-11-12-13-14-15-16-17-18-19-20-22-29(33)31-24-25-38-40(35,36)39-27-28(32)26-37-30(34)23-21-8-6-4-2/h28,32H,3-27H2,1-2H3,(H,31,33)(H,35,36). The summed E-state index contributed by atoms with van der Waals surface area (Å²) in [6.45, 7) is 3.40. The van der Waals surface area contributed by atoms with Crippen molar-refractivity contribution in [2.75, 3.05) is 26.4 Å². The number of nitrogens with one attached hydrogen (secondary N) is 1. The minimum atomic E-state index is -4.38. The summed E-state index contributed by atoms with van der Waals surface area (Å²) in [5, 5.41) is 12.5. The summed E-state index contributed by atoms with van der Waals surface area (Å²) in [5.74, 6) is -0.530. The van der Waals surface area contributed by atoms with Gasteiger partial charge in [-0.25, -0.2) is 4.57 Å². The van der Waals surface area contributed by atoms with E-state index in [4.69, 9.17) is 13.8 Å². The number of phosphoric acid groups is 1. The van der Waals surface area contributed by atoms with Gasteiger partial charge in [-0.1, -0.05) is 123 Å². The summed E-state index contributed by atoms with van der Waals surface area (Å²) in [4.78, 5) is 33.2. The summed E-state index contributed by atoms with van der Waals surface area (Å²) in [6, 6.07) is 0. The highest BCUT2D eigenvalue weighted by molar-refractivity contribution is 7.47. The minimum absolute atomic E-state index is 0.0870. The maximum atomic E-state index is 11.9. The Hall–Kier alpha value is -0.990. The molecule has 10 heteroatoms. The zero-order valence-electron chi connectivity index (χ0n) is 25.5. The molecule has 0 rings (SSSR count). The normalized spacial score (nSPS) is 13.6. The van der Waals surface area contributed by atoms with Crippen LogP contribution in [-0.4, -0.2) is 54.3 Å². The number of carbonyl (C=O) groups excluding carboxylic acids is 2. The lowest BCUT2D eigenvalue weighted by atomic mass is 10.0.